The van der Waals surface area contributed by atoms with Crippen LogP contribution in [0, 0.1) is 12.3 Å². The highest BCUT2D eigenvalue weighted by Gasteiger charge is 2.31. The Balaban J connectivity index is 2.11. The summed E-state index contributed by atoms with van der Waals surface area (Å²) < 4.78 is 0. The fraction of sp³-hybridized carbons (Fsp3) is 0.647. The van der Waals surface area contributed by atoms with Gasteiger partial charge in [-0.25, -0.2) is 0 Å². The molecule has 106 valence electrons. The SMILES string of the molecule is Cc1ccccc1N(C)CC1(CO)CCCCCC1. The van der Waals surface area contributed by atoms with Crippen molar-refractivity contribution in [2.75, 3.05) is 25.1 Å². The lowest BCUT2D eigenvalue weighted by molar-refractivity contribution is 0.113. The van der Waals surface area contributed by atoms with Gasteiger partial charge in [0, 0.05) is 24.7 Å². The van der Waals surface area contributed by atoms with Gasteiger partial charge in [0.05, 0.1) is 6.61 Å². The first-order valence-corrected chi connectivity index (χ1v) is 7.54. The molecule has 0 unspecified atom stereocenters. The van der Waals surface area contributed by atoms with Crippen LogP contribution in [-0.2, 0) is 0 Å². The van der Waals surface area contributed by atoms with E-state index in [4.69, 9.17) is 0 Å². The van der Waals surface area contributed by atoms with Gasteiger partial charge in [-0.05, 0) is 31.4 Å². The highest BCUT2D eigenvalue weighted by atomic mass is 16.3. The van der Waals surface area contributed by atoms with Crippen molar-refractivity contribution in [3.8, 4) is 0 Å². The molecule has 0 amide bonds. The van der Waals surface area contributed by atoms with Crippen molar-refractivity contribution in [2.45, 2.75) is 45.4 Å². The van der Waals surface area contributed by atoms with Gasteiger partial charge >= 0.3 is 0 Å². The van der Waals surface area contributed by atoms with E-state index in [-0.39, 0.29) is 5.41 Å². The number of benzene rings is 1. The zero-order valence-electron chi connectivity index (χ0n) is 12.4. The maximum Gasteiger partial charge on any atom is 0.0504 e. The van der Waals surface area contributed by atoms with Gasteiger partial charge in [0.1, 0.15) is 0 Å². The molecule has 1 fully saturated rings. The summed E-state index contributed by atoms with van der Waals surface area (Å²) in [5.74, 6) is 0. The molecule has 0 aliphatic heterocycles. The number of rotatable bonds is 4. The summed E-state index contributed by atoms with van der Waals surface area (Å²) in [4.78, 5) is 2.33. The molecular formula is C17H27NO. The van der Waals surface area contributed by atoms with Gasteiger partial charge in [0.25, 0.3) is 0 Å². The summed E-state index contributed by atoms with van der Waals surface area (Å²) in [6, 6.07) is 8.51. The fourth-order valence-corrected chi connectivity index (χ4v) is 3.42. The minimum absolute atomic E-state index is 0.105. The lowest BCUT2D eigenvalue weighted by Gasteiger charge is -2.36. The minimum atomic E-state index is 0.105. The topological polar surface area (TPSA) is 23.5 Å². The van der Waals surface area contributed by atoms with Gasteiger partial charge in [-0.3, -0.25) is 0 Å². The Morgan fingerprint density at radius 1 is 1.11 bits per heavy atom. The van der Waals surface area contributed by atoms with Gasteiger partial charge in [0.15, 0.2) is 0 Å². The summed E-state index contributed by atoms with van der Waals surface area (Å²) in [6.45, 7) is 3.45. The van der Waals surface area contributed by atoms with Gasteiger partial charge in [0.2, 0.25) is 0 Å². The number of hydrogen-bond donors (Lipinski definition) is 1. The maximum absolute atomic E-state index is 9.90. The van der Waals surface area contributed by atoms with E-state index < -0.39 is 0 Å². The van der Waals surface area contributed by atoms with E-state index in [2.05, 4.69) is 43.1 Å². The van der Waals surface area contributed by atoms with Gasteiger partial charge < -0.3 is 10.0 Å². The van der Waals surface area contributed by atoms with E-state index in [1.54, 1.807) is 0 Å². The van der Waals surface area contributed by atoms with Crippen molar-refractivity contribution >= 4 is 5.69 Å². The highest BCUT2D eigenvalue weighted by Crippen LogP contribution is 2.36. The molecule has 1 saturated carbocycles. The number of aliphatic hydroxyl groups excluding tert-OH is 1. The van der Waals surface area contributed by atoms with Crippen LogP contribution < -0.4 is 4.90 Å². The Morgan fingerprint density at radius 3 is 2.32 bits per heavy atom. The molecule has 0 radical (unpaired) electrons. The van der Waals surface area contributed by atoms with Crippen molar-refractivity contribution in [1.29, 1.82) is 0 Å². The molecule has 0 saturated heterocycles. The average molecular weight is 261 g/mol. The Kier molecular flexibility index (Phi) is 4.87. The van der Waals surface area contributed by atoms with Crippen LogP contribution in [0.15, 0.2) is 24.3 Å². The molecule has 1 N–H and O–H groups in total. The molecule has 2 nitrogen and oxygen atoms in total. The Bertz CT molecular complexity index is 394. The zero-order valence-corrected chi connectivity index (χ0v) is 12.4. The van der Waals surface area contributed by atoms with Crippen LogP contribution in [-0.4, -0.2) is 25.3 Å². The summed E-state index contributed by atoms with van der Waals surface area (Å²) in [5.41, 5.74) is 2.71. The maximum atomic E-state index is 9.90. The van der Waals surface area contributed by atoms with Crippen molar-refractivity contribution in [1.82, 2.24) is 0 Å². The third-order valence-corrected chi connectivity index (χ3v) is 4.60. The van der Waals surface area contributed by atoms with Crippen molar-refractivity contribution in [3.05, 3.63) is 29.8 Å². The van der Waals surface area contributed by atoms with E-state index in [0.29, 0.717) is 6.61 Å². The average Bonchev–Trinajstić information content (AvgIpc) is 2.65. The molecule has 0 heterocycles. The minimum Gasteiger partial charge on any atom is -0.396 e. The molecule has 0 bridgehead atoms. The second-order valence-electron chi connectivity index (χ2n) is 6.21. The lowest BCUT2D eigenvalue weighted by atomic mass is 9.80. The van der Waals surface area contributed by atoms with E-state index in [1.165, 1.54) is 49.8 Å². The third-order valence-electron chi connectivity index (χ3n) is 4.60. The first kappa shape index (κ1) is 14.4. The van der Waals surface area contributed by atoms with Crippen LogP contribution in [0.3, 0.4) is 0 Å². The van der Waals surface area contributed by atoms with Crippen molar-refractivity contribution < 1.29 is 5.11 Å². The molecule has 0 atom stereocenters. The summed E-state index contributed by atoms with van der Waals surface area (Å²) in [6.07, 6.45) is 7.52. The molecular weight excluding hydrogens is 234 g/mol. The van der Waals surface area contributed by atoms with Gasteiger partial charge in [-0.2, -0.15) is 0 Å². The van der Waals surface area contributed by atoms with Crippen LogP contribution in [0.5, 0.6) is 0 Å². The van der Waals surface area contributed by atoms with E-state index >= 15 is 0 Å². The Morgan fingerprint density at radius 2 is 1.74 bits per heavy atom. The molecule has 19 heavy (non-hydrogen) atoms. The molecule has 1 aromatic carbocycles. The number of anilines is 1. The second kappa shape index (κ2) is 6.42. The number of hydrogen-bond acceptors (Lipinski definition) is 2. The Labute approximate surface area is 117 Å². The summed E-state index contributed by atoms with van der Waals surface area (Å²) in [7, 11) is 2.16. The normalized spacial score (nSPS) is 18.9. The molecule has 1 aromatic rings. The first-order valence-electron chi connectivity index (χ1n) is 7.54. The zero-order chi connectivity index (χ0) is 13.7. The third kappa shape index (κ3) is 3.50. The molecule has 0 spiro atoms. The number of para-hydroxylation sites is 1. The largest absolute Gasteiger partial charge is 0.396 e. The van der Waals surface area contributed by atoms with Gasteiger partial charge in [-0.15, -0.1) is 0 Å². The van der Waals surface area contributed by atoms with Crippen LogP contribution in [0.25, 0.3) is 0 Å². The second-order valence-corrected chi connectivity index (χ2v) is 6.21. The molecule has 0 aromatic heterocycles. The van der Waals surface area contributed by atoms with Gasteiger partial charge in [-0.1, -0.05) is 43.9 Å². The monoisotopic (exact) mass is 261 g/mol. The fourth-order valence-electron chi connectivity index (χ4n) is 3.42. The standard InChI is InChI=1S/C17H27NO/c1-15-9-5-6-10-16(15)18(2)13-17(14-19)11-7-3-4-8-12-17/h5-6,9-10,19H,3-4,7-8,11-14H2,1-2H3. The summed E-state index contributed by atoms with van der Waals surface area (Å²) >= 11 is 0. The number of nitrogens with zero attached hydrogens (tertiary/aromatic N) is 1. The summed E-state index contributed by atoms with van der Waals surface area (Å²) in [5, 5.41) is 9.90. The lowest BCUT2D eigenvalue weighted by Crippen LogP contribution is -2.38. The molecule has 2 rings (SSSR count). The van der Waals surface area contributed by atoms with Crippen LogP contribution in [0.1, 0.15) is 44.1 Å². The van der Waals surface area contributed by atoms with Crippen molar-refractivity contribution in [3.63, 3.8) is 0 Å². The van der Waals surface area contributed by atoms with Crippen LogP contribution in [0.2, 0.25) is 0 Å². The van der Waals surface area contributed by atoms with Crippen LogP contribution >= 0.6 is 0 Å². The van der Waals surface area contributed by atoms with E-state index in [9.17, 15) is 5.11 Å². The smallest absolute Gasteiger partial charge is 0.0504 e. The Hall–Kier alpha value is -1.02. The first-order chi connectivity index (χ1) is 9.17. The molecule has 2 heteroatoms. The predicted molar refractivity (Wildman–Crippen MR) is 81.7 cm³/mol. The van der Waals surface area contributed by atoms with E-state index in [0.717, 1.165) is 6.54 Å². The van der Waals surface area contributed by atoms with E-state index in [1.807, 2.05) is 0 Å². The highest BCUT2D eigenvalue weighted by molar-refractivity contribution is 5.52. The van der Waals surface area contributed by atoms with Crippen molar-refractivity contribution in [2.24, 2.45) is 5.41 Å². The quantitative estimate of drug-likeness (QED) is 0.834. The number of aryl methyl sites for hydroxylation is 1. The molecule has 1 aliphatic carbocycles. The predicted octanol–water partition coefficient (Wildman–Crippen LogP) is 3.76. The van der Waals surface area contributed by atoms with Crippen LogP contribution in [0.4, 0.5) is 5.69 Å². The molecule has 1 aliphatic rings. The number of aliphatic hydroxyl groups is 1.